The Bertz CT molecular complexity index is 1210. The molecule has 9 heteroatoms. The van der Waals surface area contributed by atoms with Crippen molar-refractivity contribution < 1.29 is 4.79 Å². The molecule has 0 unspecified atom stereocenters. The predicted molar refractivity (Wildman–Crippen MR) is 114 cm³/mol. The maximum absolute atomic E-state index is 12.5. The minimum atomic E-state index is -0.253. The number of aromatic nitrogens is 6. The summed E-state index contributed by atoms with van der Waals surface area (Å²) >= 11 is 0. The molecule has 4 N–H and O–H groups in total. The third-order valence-corrected chi connectivity index (χ3v) is 5.79. The van der Waals surface area contributed by atoms with Crippen LogP contribution in [0.3, 0.4) is 0 Å². The Hall–Kier alpha value is -3.46. The van der Waals surface area contributed by atoms with E-state index >= 15 is 0 Å². The van der Waals surface area contributed by atoms with Gasteiger partial charge >= 0.3 is 0 Å². The summed E-state index contributed by atoms with van der Waals surface area (Å²) in [5, 5.41) is 18.7. The fourth-order valence-electron chi connectivity index (χ4n) is 3.88. The zero-order valence-corrected chi connectivity index (χ0v) is 17.0. The number of anilines is 1. The van der Waals surface area contributed by atoms with Gasteiger partial charge in [0.1, 0.15) is 5.65 Å². The van der Waals surface area contributed by atoms with Gasteiger partial charge in [-0.05, 0) is 51.9 Å². The SMILES string of the molecule is Cc1[nH]nc(C(=O)Nc2cnc3[nH]c(-c4cnn(C5CCNCC5)c4)cc3c2)c1C. The number of fused-ring (bicyclic) bond motifs is 1. The lowest BCUT2D eigenvalue weighted by atomic mass is 10.1. The number of aromatic amines is 2. The lowest BCUT2D eigenvalue weighted by Gasteiger charge is -2.22. The fraction of sp³-hybridized carbons (Fsp3) is 0.333. The molecule has 0 radical (unpaired) electrons. The van der Waals surface area contributed by atoms with E-state index in [4.69, 9.17) is 0 Å². The number of rotatable bonds is 4. The normalized spacial score (nSPS) is 15.0. The molecule has 154 valence electrons. The Morgan fingerprint density at radius 1 is 1.20 bits per heavy atom. The van der Waals surface area contributed by atoms with Crippen molar-refractivity contribution in [3.63, 3.8) is 0 Å². The highest BCUT2D eigenvalue weighted by atomic mass is 16.1. The van der Waals surface area contributed by atoms with Gasteiger partial charge in [-0.3, -0.25) is 14.6 Å². The number of piperidine rings is 1. The van der Waals surface area contributed by atoms with Crippen LogP contribution in [0.15, 0.2) is 30.7 Å². The first-order valence-electron chi connectivity index (χ1n) is 10.2. The van der Waals surface area contributed by atoms with Crippen molar-refractivity contribution in [2.75, 3.05) is 18.4 Å². The van der Waals surface area contributed by atoms with E-state index in [1.807, 2.05) is 32.2 Å². The second kappa shape index (κ2) is 7.42. The van der Waals surface area contributed by atoms with Gasteiger partial charge in [0.15, 0.2) is 5.69 Å². The molecular formula is C21H24N8O. The van der Waals surface area contributed by atoms with Gasteiger partial charge in [0.2, 0.25) is 0 Å². The number of nitrogens with zero attached hydrogens (tertiary/aromatic N) is 4. The van der Waals surface area contributed by atoms with Gasteiger partial charge in [-0.15, -0.1) is 0 Å². The van der Waals surface area contributed by atoms with Crippen molar-refractivity contribution >= 4 is 22.6 Å². The summed E-state index contributed by atoms with van der Waals surface area (Å²) in [6, 6.07) is 4.39. The summed E-state index contributed by atoms with van der Waals surface area (Å²) in [4.78, 5) is 20.3. The number of nitrogens with one attached hydrogen (secondary N) is 4. The molecule has 0 atom stereocenters. The van der Waals surface area contributed by atoms with E-state index < -0.39 is 0 Å². The number of carbonyl (C=O) groups excluding carboxylic acids is 1. The number of carbonyl (C=O) groups is 1. The third kappa shape index (κ3) is 3.37. The van der Waals surface area contributed by atoms with Gasteiger partial charge in [-0.25, -0.2) is 4.98 Å². The van der Waals surface area contributed by atoms with Crippen molar-refractivity contribution in [2.45, 2.75) is 32.7 Å². The Morgan fingerprint density at radius 3 is 2.80 bits per heavy atom. The zero-order chi connectivity index (χ0) is 20.7. The zero-order valence-electron chi connectivity index (χ0n) is 17.0. The molecule has 1 saturated heterocycles. The van der Waals surface area contributed by atoms with Crippen molar-refractivity contribution in [3.8, 4) is 11.3 Å². The van der Waals surface area contributed by atoms with Crippen LogP contribution in [0.5, 0.6) is 0 Å². The van der Waals surface area contributed by atoms with Crippen molar-refractivity contribution in [3.05, 3.63) is 47.7 Å². The van der Waals surface area contributed by atoms with Crippen LogP contribution >= 0.6 is 0 Å². The molecule has 5 heterocycles. The van der Waals surface area contributed by atoms with Crippen molar-refractivity contribution in [1.82, 2.24) is 35.3 Å². The molecule has 1 amide bonds. The summed E-state index contributed by atoms with van der Waals surface area (Å²) < 4.78 is 2.06. The van der Waals surface area contributed by atoms with Crippen LogP contribution in [-0.4, -0.2) is 48.9 Å². The summed E-state index contributed by atoms with van der Waals surface area (Å²) in [6.07, 6.45) is 7.80. The molecule has 4 aromatic rings. The Balaban J connectivity index is 1.37. The molecule has 30 heavy (non-hydrogen) atoms. The summed E-state index contributed by atoms with van der Waals surface area (Å²) in [5.41, 5.74) is 5.51. The van der Waals surface area contributed by atoms with E-state index in [0.29, 0.717) is 17.4 Å². The molecule has 0 aromatic carbocycles. The Morgan fingerprint density at radius 2 is 2.03 bits per heavy atom. The molecule has 1 fully saturated rings. The van der Waals surface area contributed by atoms with Gasteiger partial charge in [-0.2, -0.15) is 10.2 Å². The Labute approximate surface area is 173 Å². The van der Waals surface area contributed by atoms with Crippen molar-refractivity contribution in [2.24, 2.45) is 0 Å². The van der Waals surface area contributed by atoms with Crippen LogP contribution in [0.2, 0.25) is 0 Å². The molecule has 4 aromatic heterocycles. The average molecular weight is 404 g/mol. The summed E-state index contributed by atoms with van der Waals surface area (Å²) in [7, 11) is 0. The van der Waals surface area contributed by atoms with Gasteiger partial charge in [0.25, 0.3) is 5.91 Å². The summed E-state index contributed by atoms with van der Waals surface area (Å²) in [6.45, 7) is 5.82. The fourth-order valence-corrected chi connectivity index (χ4v) is 3.88. The van der Waals surface area contributed by atoms with Crippen molar-refractivity contribution in [1.29, 1.82) is 0 Å². The number of aryl methyl sites for hydroxylation is 1. The van der Waals surface area contributed by atoms with E-state index in [-0.39, 0.29) is 5.91 Å². The molecule has 1 aliphatic heterocycles. The van der Waals surface area contributed by atoms with Gasteiger partial charge in [0.05, 0.1) is 29.8 Å². The number of hydrogen-bond acceptors (Lipinski definition) is 5. The summed E-state index contributed by atoms with van der Waals surface area (Å²) in [5.74, 6) is -0.253. The molecular weight excluding hydrogens is 380 g/mol. The quantitative estimate of drug-likeness (QED) is 0.417. The lowest BCUT2D eigenvalue weighted by molar-refractivity contribution is 0.102. The smallest absolute Gasteiger partial charge is 0.276 e. The number of H-pyrrole nitrogens is 2. The second-order valence-electron chi connectivity index (χ2n) is 7.81. The number of pyridine rings is 1. The van der Waals surface area contributed by atoms with E-state index in [1.54, 1.807) is 6.20 Å². The standard InChI is InChI=1S/C21H24N8O/c1-12-13(2)27-28-19(12)21(30)25-16-7-14-8-18(26-20(14)23-10-16)15-9-24-29(11-15)17-3-5-22-6-4-17/h7-11,17,22H,3-6H2,1-2H3,(H,23,26)(H,25,30)(H,27,28). The maximum Gasteiger partial charge on any atom is 0.276 e. The minimum absolute atomic E-state index is 0.253. The van der Waals surface area contributed by atoms with Crippen LogP contribution in [0.4, 0.5) is 5.69 Å². The van der Waals surface area contributed by atoms with Crippen LogP contribution < -0.4 is 10.6 Å². The maximum atomic E-state index is 12.5. The van der Waals surface area contributed by atoms with Gasteiger partial charge in [-0.1, -0.05) is 0 Å². The second-order valence-corrected chi connectivity index (χ2v) is 7.81. The first kappa shape index (κ1) is 18.6. The topological polar surface area (TPSA) is 116 Å². The highest BCUT2D eigenvalue weighted by Gasteiger charge is 2.17. The molecule has 0 saturated carbocycles. The molecule has 0 aliphatic carbocycles. The first-order valence-corrected chi connectivity index (χ1v) is 10.2. The van der Waals surface area contributed by atoms with E-state index in [9.17, 15) is 4.79 Å². The molecule has 9 nitrogen and oxygen atoms in total. The highest BCUT2D eigenvalue weighted by Crippen LogP contribution is 2.27. The highest BCUT2D eigenvalue weighted by molar-refractivity contribution is 6.04. The number of hydrogen-bond donors (Lipinski definition) is 4. The Kier molecular flexibility index (Phi) is 4.59. The average Bonchev–Trinajstić information content (AvgIpc) is 3.47. The van der Waals surface area contributed by atoms with Crippen LogP contribution in [0, 0.1) is 13.8 Å². The van der Waals surface area contributed by atoms with Crippen LogP contribution in [0.25, 0.3) is 22.3 Å². The minimum Gasteiger partial charge on any atom is -0.339 e. The third-order valence-electron chi connectivity index (χ3n) is 5.79. The van der Waals surface area contributed by atoms with E-state index in [0.717, 1.165) is 59.5 Å². The van der Waals surface area contributed by atoms with E-state index in [1.165, 1.54) is 0 Å². The first-order chi connectivity index (χ1) is 14.6. The molecule has 5 rings (SSSR count). The lowest BCUT2D eigenvalue weighted by Crippen LogP contribution is -2.29. The van der Waals surface area contributed by atoms with Crippen LogP contribution in [-0.2, 0) is 0 Å². The molecule has 0 bridgehead atoms. The molecule has 0 spiro atoms. The predicted octanol–water partition coefficient (Wildman–Crippen LogP) is 2.94. The number of amides is 1. The monoisotopic (exact) mass is 404 g/mol. The van der Waals surface area contributed by atoms with Gasteiger partial charge in [0, 0.05) is 28.4 Å². The van der Waals surface area contributed by atoms with Gasteiger partial charge < -0.3 is 15.6 Å². The van der Waals surface area contributed by atoms with E-state index in [2.05, 4.69) is 46.8 Å². The molecule has 1 aliphatic rings. The van der Waals surface area contributed by atoms with Crippen LogP contribution in [0.1, 0.15) is 40.6 Å². The largest absolute Gasteiger partial charge is 0.339 e.